The highest BCUT2D eigenvalue weighted by atomic mass is 35.5. The minimum Gasteiger partial charge on any atom is -0.440 e. The predicted molar refractivity (Wildman–Crippen MR) is 77.5 cm³/mol. The summed E-state index contributed by atoms with van der Waals surface area (Å²) in [5, 5.41) is 9.32. The molecule has 0 bridgehead atoms. The van der Waals surface area contributed by atoms with Crippen LogP contribution in [-0.4, -0.2) is 19.7 Å². The Hall–Kier alpha value is -1.79. The molecule has 0 aliphatic rings. The highest BCUT2D eigenvalue weighted by Crippen LogP contribution is 2.26. The smallest absolute Gasteiger partial charge is 0.205 e. The van der Waals surface area contributed by atoms with Crippen molar-refractivity contribution in [2.24, 2.45) is 7.05 Å². The molecule has 0 aliphatic heterocycles. The molecule has 0 saturated heterocycles. The molecule has 0 radical (unpaired) electrons. The van der Waals surface area contributed by atoms with E-state index in [0.717, 1.165) is 10.7 Å². The van der Waals surface area contributed by atoms with Crippen molar-refractivity contribution in [1.29, 1.82) is 0 Å². The molecule has 0 saturated carbocycles. The fourth-order valence-electron chi connectivity index (χ4n) is 1.68. The van der Waals surface area contributed by atoms with Crippen molar-refractivity contribution in [3.8, 4) is 11.3 Å². The van der Waals surface area contributed by atoms with Gasteiger partial charge in [-0.15, -0.1) is 10.2 Å². The monoisotopic (exact) mass is 306 g/mol. The van der Waals surface area contributed by atoms with E-state index in [4.69, 9.17) is 16.0 Å². The predicted octanol–water partition coefficient (Wildman–Crippen LogP) is 3.42. The van der Waals surface area contributed by atoms with Gasteiger partial charge in [0.05, 0.1) is 11.9 Å². The Morgan fingerprint density at radius 3 is 3.05 bits per heavy atom. The van der Waals surface area contributed by atoms with Crippen molar-refractivity contribution in [3.63, 3.8) is 0 Å². The van der Waals surface area contributed by atoms with Crippen LogP contribution in [0.3, 0.4) is 0 Å². The molecule has 0 aliphatic carbocycles. The zero-order valence-electron chi connectivity index (χ0n) is 10.7. The number of rotatable bonds is 4. The van der Waals surface area contributed by atoms with Crippen molar-refractivity contribution in [2.45, 2.75) is 10.9 Å². The highest BCUT2D eigenvalue weighted by Gasteiger charge is 2.09. The van der Waals surface area contributed by atoms with Gasteiger partial charge in [0.15, 0.2) is 10.9 Å². The molecule has 1 aromatic carbocycles. The fraction of sp³-hybridized carbons (Fsp3) is 0.154. The van der Waals surface area contributed by atoms with Gasteiger partial charge in [0.1, 0.15) is 6.33 Å². The van der Waals surface area contributed by atoms with Crippen LogP contribution in [0.25, 0.3) is 11.3 Å². The first-order chi connectivity index (χ1) is 9.72. The van der Waals surface area contributed by atoms with E-state index in [2.05, 4.69) is 15.2 Å². The van der Waals surface area contributed by atoms with Crippen molar-refractivity contribution in [1.82, 2.24) is 19.7 Å². The van der Waals surface area contributed by atoms with Crippen LogP contribution in [0.2, 0.25) is 5.02 Å². The molecular formula is C13H11ClN4OS. The van der Waals surface area contributed by atoms with Gasteiger partial charge in [-0.3, -0.25) is 0 Å². The number of benzene rings is 1. The maximum atomic E-state index is 5.96. The van der Waals surface area contributed by atoms with E-state index in [9.17, 15) is 0 Å². The summed E-state index contributed by atoms with van der Waals surface area (Å²) in [6.45, 7) is 0. The summed E-state index contributed by atoms with van der Waals surface area (Å²) in [6.07, 6.45) is 3.37. The van der Waals surface area contributed by atoms with E-state index in [1.807, 2.05) is 35.9 Å². The lowest BCUT2D eigenvalue weighted by Crippen LogP contribution is -1.89. The van der Waals surface area contributed by atoms with E-state index < -0.39 is 0 Å². The quantitative estimate of drug-likeness (QED) is 0.691. The minimum absolute atomic E-state index is 0.604. The molecule has 0 atom stereocenters. The zero-order valence-corrected chi connectivity index (χ0v) is 12.2. The Kier molecular flexibility index (Phi) is 3.75. The first-order valence-electron chi connectivity index (χ1n) is 5.90. The average Bonchev–Trinajstić information content (AvgIpc) is 3.05. The largest absolute Gasteiger partial charge is 0.440 e. The Bertz CT molecular complexity index is 724. The Morgan fingerprint density at radius 1 is 1.40 bits per heavy atom. The molecule has 7 heteroatoms. The Labute approximate surface area is 125 Å². The number of aromatic nitrogens is 4. The second-order valence-electron chi connectivity index (χ2n) is 4.14. The van der Waals surface area contributed by atoms with Crippen LogP contribution in [-0.2, 0) is 12.8 Å². The van der Waals surface area contributed by atoms with Crippen LogP contribution in [0.5, 0.6) is 0 Å². The Morgan fingerprint density at radius 2 is 2.30 bits per heavy atom. The van der Waals surface area contributed by atoms with Gasteiger partial charge in [0, 0.05) is 17.6 Å². The number of halogens is 1. The van der Waals surface area contributed by atoms with E-state index in [1.54, 1.807) is 12.5 Å². The van der Waals surface area contributed by atoms with Gasteiger partial charge in [-0.1, -0.05) is 35.5 Å². The first-order valence-corrected chi connectivity index (χ1v) is 7.26. The molecule has 20 heavy (non-hydrogen) atoms. The van der Waals surface area contributed by atoms with Crippen LogP contribution in [0.4, 0.5) is 0 Å². The van der Waals surface area contributed by atoms with Crippen LogP contribution < -0.4 is 0 Å². The van der Waals surface area contributed by atoms with Crippen molar-refractivity contribution in [3.05, 3.63) is 47.7 Å². The van der Waals surface area contributed by atoms with E-state index in [0.29, 0.717) is 22.4 Å². The van der Waals surface area contributed by atoms with Crippen LogP contribution in [0.15, 0.2) is 46.4 Å². The second-order valence-corrected chi connectivity index (χ2v) is 5.52. The van der Waals surface area contributed by atoms with E-state index >= 15 is 0 Å². The molecule has 0 N–H and O–H groups in total. The van der Waals surface area contributed by atoms with Gasteiger partial charge in [0.25, 0.3) is 0 Å². The summed E-state index contributed by atoms with van der Waals surface area (Å²) in [4.78, 5) is 4.26. The molecule has 102 valence electrons. The standard InChI is InChI=1S/C13H11ClN4OS/c1-18-8-16-17-13(18)20-7-12-15-6-11(19-12)9-3-2-4-10(14)5-9/h2-6,8H,7H2,1H3. The Balaban J connectivity index is 1.72. The molecule has 2 aromatic heterocycles. The maximum Gasteiger partial charge on any atom is 0.205 e. The van der Waals surface area contributed by atoms with Crippen LogP contribution in [0, 0.1) is 0 Å². The molecule has 0 spiro atoms. The summed E-state index contributed by atoms with van der Waals surface area (Å²) in [7, 11) is 1.90. The molecule has 5 nitrogen and oxygen atoms in total. The lowest BCUT2D eigenvalue weighted by Gasteiger charge is -1.98. The summed E-state index contributed by atoms with van der Waals surface area (Å²) >= 11 is 7.49. The average molecular weight is 307 g/mol. The van der Waals surface area contributed by atoms with Gasteiger partial charge < -0.3 is 8.98 Å². The first kappa shape index (κ1) is 13.2. The minimum atomic E-state index is 0.604. The molecule has 0 fully saturated rings. The number of oxazole rings is 1. The summed E-state index contributed by atoms with van der Waals surface area (Å²) < 4.78 is 7.57. The van der Waals surface area contributed by atoms with E-state index in [-0.39, 0.29) is 0 Å². The number of hydrogen-bond donors (Lipinski definition) is 0. The number of hydrogen-bond acceptors (Lipinski definition) is 5. The van der Waals surface area contributed by atoms with Gasteiger partial charge >= 0.3 is 0 Å². The van der Waals surface area contributed by atoms with E-state index in [1.165, 1.54) is 11.8 Å². The third-order valence-corrected chi connectivity index (χ3v) is 3.91. The second kappa shape index (κ2) is 5.68. The molecule has 0 unspecified atom stereocenters. The summed E-state index contributed by atoms with van der Waals surface area (Å²) in [5.74, 6) is 1.96. The van der Waals surface area contributed by atoms with Gasteiger partial charge in [0.2, 0.25) is 5.89 Å². The van der Waals surface area contributed by atoms with Gasteiger partial charge in [-0.25, -0.2) is 4.98 Å². The molecule has 3 rings (SSSR count). The topological polar surface area (TPSA) is 56.7 Å². The van der Waals surface area contributed by atoms with Crippen LogP contribution >= 0.6 is 23.4 Å². The third kappa shape index (κ3) is 2.86. The van der Waals surface area contributed by atoms with Crippen LogP contribution in [0.1, 0.15) is 5.89 Å². The van der Waals surface area contributed by atoms with Crippen molar-refractivity contribution < 1.29 is 4.42 Å². The number of nitrogens with zero attached hydrogens (tertiary/aromatic N) is 4. The SMILES string of the molecule is Cn1cnnc1SCc1ncc(-c2cccc(Cl)c2)o1. The molecule has 0 amide bonds. The van der Waals surface area contributed by atoms with Crippen molar-refractivity contribution in [2.75, 3.05) is 0 Å². The lowest BCUT2D eigenvalue weighted by atomic mass is 10.2. The summed E-state index contributed by atoms with van der Waals surface area (Å²) in [6, 6.07) is 7.49. The molecular weight excluding hydrogens is 296 g/mol. The lowest BCUT2D eigenvalue weighted by molar-refractivity contribution is 0.529. The third-order valence-electron chi connectivity index (χ3n) is 2.66. The zero-order chi connectivity index (χ0) is 13.9. The number of thioether (sulfide) groups is 1. The molecule has 2 heterocycles. The van der Waals surface area contributed by atoms with Gasteiger partial charge in [-0.05, 0) is 12.1 Å². The van der Waals surface area contributed by atoms with Gasteiger partial charge in [-0.2, -0.15) is 0 Å². The normalized spacial score (nSPS) is 10.9. The number of aryl methyl sites for hydroxylation is 1. The van der Waals surface area contributed by atoms with Crippen molar-refractivity contribution >= 4 is 23.4 Å². The fourth-order valence-corrected chi connectivity index (χ4v) is 2.61. The molecule has 3 aromatic rings. The summed E-state index contributed by atoms with van der Waals surface area (Å²) in [5.41, 5.74) is 0.917. The maximum absolute atomic E-state index is 5.96. The highest BCUT2D eigenvalue weighted by molar-refractivity contribution is 7.98.